The second-order valence-electron chi connectivity index (χ2n) is 7.58. The van der Waals surface area contributed by atoms with Crippen molar-refractivity contribution >= 4 is 17.2 Å². The molecule has 1 aliphatic rings. The minimum Gasteiger partial charge on any atom is -0.501 e. The van der Waals surface area contributed by atoms with Crippen LogP contribution in [0.5, 0.6) is 5.75 Å². The lowest BCUT2D eigenvalue weighted by atomic mass is 9.89. The van der Waals surface area contributed by atoms with Crippen molar-refractivity contribution in [1.82, 2.24) is 0 Å². The number of methoxy groups -OCH3 is 1. The molecule has 0 fully saturated rings. The predicted octanol–water partition coefficient (Wildman–Crippen LogP) is 8.16. The molecule has 31 heavy (non-hydrogen) atoms. The molecule has 0 saturated heterocycles. The Morgan fingerprint density at radius 2 is 2.06 bits per heavy atom. The van der Waals surface area contributed by atoms with Crippen molar-refractivity contribution in [2.45, 2.75) is 51.3 Å². The maximum atomic E-state index is 13.4. The summed E-state index contributed by atoms with van der Waals surface area (Å²) in [6.45, 7) is 6.15. The van der Waals surface area contributed by atoms with Crippen molar-refractivity contribution in [1.29, 1.82) is 0 Å². The Bertz CT molecular complexity index is 979. The number of aryl methyl sites for hydroxylation is 1. The molecule has 6 heteroatoms. The standard InChI is InChI=1S/C25H26ClF3O2/c1-4-7-19(30-3)9-5-8-17-15-18(25(27,28)29)12-13-21(17)23-14-16(2)20-10-6-11-22(26)24(20)31-23/h6-7,10-13,15,23H,2,4-5,8-9,14H2,1,3H3/b19-7+. The summed E-state index contributed by atoms with van der Waals surface area (Å²) < 4.78 is 51.6. The third kappa shape index (κ3) is 5.45. The zero-order chi connectivity index (χ0) is 22.6. The average molecular weight is 451 g/mol. The quantitative estimate of drug-likeness (QED) is 0.396. The summed E-state index contributed by atoms with van der Waals surface area (Å²) >= 11 is 6.31. The summed E-state index contributed by atoms with van der Waals surface area (Å²) in [5, 5.41) is 0.464. The summed E-state index contributed by atoms with van der Waals surface area (Å²) in [7, 11) is 1.61. The van der Waals surface area contributed by atoms with Gasteiger partial charge in [-0.15, -0.1) is 0 Å². The maximum Gasteiger partial charge on any atom is 0.416 e. The van der Waals surface area contributed by atoms with Gasteiger partial charge in [0.25, 0.3) is 0 Å². The van der Waals surface area contributed by atoms with E-state index in [-0.39, 0.29) is 0 Å². The second-order valence-corrected chi connectivity index (χ2v) is 7.99. The largest absolute Gasteiger partial charge is 0.501 e. The van der Waals surface area contributed by atoms with Crippen LogP contribution in [0.3, 0.4) is 0 Å². The van der Waals surface area contributed by atoms with Crippen LogP contribution in [0, 0.1) is 0 Å². The molecule has 0 saturated carbocycles. The van der Waals surface area contributed by atoms with Crippen molar-refractivity contribution in [2.75, 3.05) is 7.11 Å². The monoisotopic (exact) mass is 450 g/mol. The fourth-order valence-electron chi connectivity index (χ4n) is 3.88. The van der Waals surface area contributed by atoms with Crippen LogP contribution in [-0.4, -0.2) is 7.11 Å². The molecule has 2 aromatic rings. The molecule has 0 spiro atoms. The van der Waals surface area contributed by atoms with Crippen LogP contribution in [-0.2, 0) is 17.3 Å². The molecular formula is C25H26ClF3O2. The number of ether oxygens (including phenoxy) is 2. The van der Waals surface area contributed by atoms with Crippen LogP contribution in [0.25, 0.3) is 5.57 Å². The van der Waals surface area contributed by atoms with Gasteiger partial charge in [0, 0.05) is 18.4 Å². The van der Waals surface area contributed by atoms with Crippen LogP contribution in [0.2, 0.25) is 5.02 Å². The molecule has 0 N–H and O–H groups in total. The molecule has 1 heterocycles. The summed E-state index contributed by atoms with van der Waals surface area (Å²) in [5.74, 6) is 1.38. The Labute approximate surface area is 186 Å². The minimum atomic E-state index is -4.40. The van der Waals surface area contributed by atoms with Gasteiger partial charge in [0.15, 0.2) is 0 Å². The number of hydrogen-bond acceptors (Lipinski definition) is 2. The van der Waals surface area contributed by atoms with E-state index in [4.69, 9.17) is 21.1 Å². The van der Waals surface area contributed by atoms with Crippen LogP contribution in [0.1, 0.15) is 61.0 Å². The molecule has 0 bridgehead atoms. The summed E-state index contributed by atoms with van der Waals surface area (Å²) in [6.07, 6.45) is 0.281. The van der Waals surface area contributed by atoms with Crippen LogP contribution in [0.4, 0.5) is 13.2 Å². The molecule has 2 aromatic carbocycles. The molecule has 1 unspecified atom stereocenters. The third-order valence-corrected chi connectivity index (χ3v) is 5.72. The Morgan fingerprint density at radius 1 is 1.29 bits per heavy atom. The van der Waals surface area contributed by atoms with E-state index in [1.165, 1.54) is 12.1 Å². The van der Waals surface area contributed by atoms with Gasteiger partial charge in [0.2, 0.25) is 0 Å². The van der Waals surface area contributed by atoms with Crippen molar-refractivity contribution in [2.24, 2.45) is 0 Å². The van der Waals surface area contributed by atoms with Crippen molar-refractivity contribution in [3.63, 3.8) is 0 Å². The first-order valence-corrected chi connectivity index (χ1v) is 10.7. The lowest BCUT2D eigenvalue weighted by Crippen LogP contribution is -2.17. The van der Waals surface area contributed by atoms with Gasteiger partial charge in [0.1, 0.15) is 11.9 Å². The smallest absolute Gasteiger partial charge is 0.416 e. The highest BCUT2D eigenvalue weighted by molar-refractivity contribution is 6.32. The fraction of sp³-hybridized carbons (Fsp3) is 0.360. The Balaban J connectivity index is 1.91. The third-order valence-electron chi connectivity index (χ3n) is 5.42. The first kappa shape index (κ1) is 23.3. The summed E-state index contributed by atoms with van der Waals surface area (Å²) in [6, 6.07) is 9.33. The molecule has 0 aliphatic carbocycles. The molecule has 3 rings (SSSR count). The number of hydrogen-bond donors (Lipinski definition) is 0. The van der Waals surface area contributed by atoms with Crippen LogP contribution >= 0.6 is 11.6 Å². The number of alkyl halides is 3. The molecule has 1 atom stereocenters. The Morgan fingerprint density at radius 3 is 2.74 bits per heavy atom. The van der Waals surface area contributed by atoms with E-state index < -0.39 is 17.8 Å². The van der Waals surface area contributed by atoms with Gasteiger partial charge < -0.3 is 9.47 Å². The Kier molecular flexibility index (Phi) is 7.37. The van der Waals surface area contributed by atoms with Crippen molar-refractivity contribution in [3.05, 3.63) is 82.1 Å². The first-order chi connectivity index (χ1) is 14.7. The SMILES string of the molecule is C=C1CC(c2ccc(C(F)(F)F)cc2CCC/C(=C\CC)OC)Oc2c(Cl)cccc21. The van der Waals surface area contributed by atoms with Gasteiger partial charge >= 0.3 is 6.18 Å². The predicted molar refractivity (Wildman–Crippen MR) is 118 cm³/mol. The number of benzene rings is 2. The van der Waals surface area contributed by atoms with Gasteiger partial charge in [-0.3, -0.25) is 0 Å². The fourth-order valence-corrected chi connectivity index (χ4v) is 4.10. The number of para-hydroxylation sites is 1. The molecule has 0 amide bonds. The van der Waals surface area contributed by atoms with Gasteiger partial charge in [-0.2, -0.15) is 13.2 Å². The number of rotatable bonds is 7. The van der Waals surface area contributed by atoms with Crippen molar-refractivity contribution in [3.8, 4) is 5.75 Å². The highest BCUT2D eigenvalue weighted by atomic mass is 35.5. The zero-order valence-corrected chi connectivity index (χ0v) is 18.4. The average Bonchev–Trinajstić information content (AvgIpc) is 2.73. The van der Waals surface area contributed by atoms with Crippen molar-refractivity contribution < 1.29 is 22.6 Å². The second kappa shape index (κ2) is 9.82. The summed E-state index contributed by atoms with van der Waals surface area (Å²) in [4.78, 5) is 0. The zero-order valence-electron chi connectivity index (χ0n) is 17.7. The lowest BCUT2D eigenvalue weighted by molar-refractivity contribution is -0.137. The molecule has 1 aliphatic heterocycles. The molecule has 2 nitrogen and oxygen atoms in total. The van der Waals surface area contributed by atoms with Gasteiger partial charge in [-0.1, -0.05) is 43.3 Å². The number of allylic oxidation sites excluding steroid dienone is 2. The van der Waals surface area contributed by atoms with E-state index in [1.807, 2.05) is 25.1 Å². The first-order valence-electron chi connectivity index (χ1n) is 10.3. The van der Waals surface area contributed by atoms with Crippen LogP contribution in [0.15, 0.2) is 54.8 Å². The van der Waals surface area contributed by atoms with E-state index in [9.17, 15) is 13.2 Å². The highest BCUT2D eigenvalue weighted by Gasteiger charge is 2.33. The van der Waals surface area contributed by atoms with Gasteiger partial charge in [0.05, 0.1) is 23.5 Å². The van der Waals surface area contributed by atoms with Gasteiger partial charge in [-0.05, 0) is 60.2 Å². The number of halogens is 4. The van der Waals surface area contributed by atoms with E-state index in [0.717, 1.165) is 34.9 Å². The normalized spacial score (nSPS) is 16.6. The highest BCUT2D eigenvalue weighted by Crippen LogP contribution is 2.45. The van der Waals surface area contributed by atoms with Crippen LogP contribution < -0.4 is 4.74 Å². The maximum absolute atomic E-state index is 13.4. The summed E-state index contributed by atoms with van der Waals surface area (Å²) in [5.41, 5.74) is 2.39. The van der Waals surface area contributed by atoms with E-state index in [2.05, 4.69) is 6.58 Å². The lowest BCUT2D eigenvalue weighted by Gasteiger charge is -2.30. The van der Waals surface area contributed by atoms with E-state index in [0.29, 0.717) is 42.0 Å². The Hall–Kier alpha value is -2.40. The van der Waals surface area contributed by atoms with Gasteiger partial charge in [-0.25, -0.2) is 0 Å². The van der Waals surface area contributed by atoms with E-state index >= 15 is 0 Å². The van der Waals surface area contributed by atoms with E-state index in [1.54, 1.807) is 13.2 Å². The topological polar surface area (TPSA) is 18.5 Å². The molecule has 0 aromatic heterocycles. The molecule has 166 valence electrons. The molecule has 0 radical (unpaired) electrons. The minimum absolute atomic E-state index is 0.440. The molecular weight excluding hydrogens is 425 g/mol. The number of fused-ring (bicyclic) bond motifs is 1.